The van der Waals surface area contributed by atoms with Crippen molar-refractivity contribution in [2.75, 3.05) is 14.1 Å². The van der Waals surface area contributed by atoms with E-state index >= 15 is 0 Å². The molecule has 0 fully saturated rings. The van der Waals surface area contributed by atoms with Crippen molar-refractivity contribution in [2.45, 2.75) is 13.0 Å². The number of amides is 1. The van der Waals surface area contributed by atoms with Crippen molar-refractivity contribution in [3.8, 4) is 5.69 Å². The fraction of sp³-hybridized carbons (Fsp3) is 0.286. The predicted molar refractivity (Wildman–Crippen MR) is 74.2 cm³/mol. The Balaban J connectivity index is 2.41. The Kier molecular flexibility index (Phi) is 3.66. The molecule has 1 aromatic heterocycles. The highest BCUT2D eigenvalue weighted by molar-refractivity contribution is 5.91. The van der Waals surface area contributed by atoms with Gasteiger partial charge in [0.1, 0.15) is 0 Å². The van der Waals surface area contributed by atoms with Crippen LogP contribution in [0.1, 0.15) is 29.0 Å². The minimum absolute atomic E-state index is 0.0894. The lowest BCUT2D eigenvalue weighted by Gasteiger charge is -2.12. The Bertz CT molecular complexity index is 587. The summed E-state index contributed by atoms with van der Waals surface area (Å²) in [6.07, 6.45) is 1.78. The molecule has 0 aliphatic rings. The first-order chi connectivity index (χ1) is 9.00. The van der Waals surface area contributed by atoms with Crippen molar-refractivity contribution in [3.63, 3.8) is 0 Å². The quantitative estimate of drug-likeness (QED) is 0.909. The van der Waals surface area contributed by atoms with Crippen LogP contribution >= 0.6 is 0 Å². The van der Waals surface area contributed by atoms with E-state index < -0.39 is 0 Å². The van der Waals surface area contributed by atoms with E-state index in [1.807, 2.05) is 31.2 Å². The summed E-state index contributed by atoms with van der Waals surface area (Å²) in [6, 6.07) is 9.40. The molecule has 1 aromatic carbocycles. The Morgan fingerprint density at radius 2 is 2.00 bits per heavy atom. The first-order valence-electron chi connectivity index (χ1n) is 6.13. The van der Waals surface area contributed by atoms with E-state index in [4.69, 9.17) is 5.73 Å². The summed E-state index contributed by atoms with van der Waals surface area (Å²) >= 11 is 0. The van der Waals surface area contributed by atoms with Gasteiger partial charge < -0.3 is 10.6 Å². The molecule has 2 rings (SSSR count). The van der Waals surface area contributed by atoms with Crippen molar-refractivity contribution in [1.82, 2.24) is 14.7 Å². The van der Waals surface area contributed by atoms with Crippen molar-refractivity contribution >= 4 is 5.91 Å². The Labute approximate surface area is 112 Å². The van der Waals surface area contributed by atoms with E-state index in [0.29, 0.717) is 5.69 Å². The van der Waals surface area contributed by atoms with E-state index in [1.165, 1.54) is 4.90 Å². The summed E-state index contributed by atoms with van der Waals surface area (Å²) in [4.78, 5) is 13.3. The third-order valence-electron chi connectivity index (χ3n) is 2.89. The average molecular weight is 258 g/mol. The van der Waals surface area contributed by atoms with Crippen LogP contribution in [0.5, 0.6) is 0 Å². The summed E-state index contributed by atoms with van der Waals surface area (Å²) in [5.74, 6) is -0.114. The minimum Gasteiger partial charge on any atom is -0.343 e. The zero-order valence-corrected chi connectivity index (χ0v) is 11.4. The van der Waals surface area contributed by atoms with Gasteiger partial charge in [-0.1, -0.05) is 18.2 Å². The van der Waals surface area contributed by atoms with Crippen molar-refractivity contribution < 1.29 is 4.79 Å². The first-order valence-corrected chi connectivity index (χ1v) is 6.13. The van der Waals surface area contributed by atoms with Crippen LogP contribution in [-0.4, -0.2) is 34.7 Å². The molecule has 0 unspecified atom stereocenters. The van der Waals surface area contributed by atoms with Gasteiger partial charge in [-0.25, -0.2) is 4.68 Å². The molecule has 0 saturated heterocycles. The summed E-state index contributed by atoms with van der Waals surface area (Å²) in [5, 5.41) is 4.31. The maximum absolute atomic E-state index is 11.8. The zero-order chi connectivity index (χ0) is 14.0. The first kappa shape index (κ1) is 13.3. The number of para-hydroxylation sites is 1. The summed E-state index contributed by atoms with van der Waals surface area (Å²) < 4.78 is 1.69. The molecule has 1 amide bonds. The van der Waals surface area contributed by atoms with Crippen LogP contribution in [0.3, 0.4) is 0 Å². The SMILES string of the molecule is C[C@@H](N)c1ccccc1-n1ccc(C(=O)N(C)C)n1. The van der Waals surface area contributed by atoms with E-state index in [9.17, 15) is 4.79 Å². The summed E-state index contributed by atoms with van der Waals surface area (Å²) in [7, 11) is 3.41. The molecule has 0 saturated carbocycles. The number of hydrogen-bond donors (Lipinski definition) is 1. The van der Waals surface area contributed by atoms with Crippen LogP contribution in [0.4, 0.5) is 0 Å². The maximum atomic E-state index is 11.8. The molecule has 1 atom stereocenters. The summed E-state index contributed by atoms with van der Waals surface area (Å²) in [6.45, 7) is 1.92. The molecule has 0 aliphatic heterocycles. The number of aromatic nitrogens is 2. The van der Waals surface area contributed by atoms with Crippen LogP contribution in [0.2, 0.25) is 0 Å². The Hall–Kier alpha value is -2.14. The molecule has 1 heterocycles. The van der Waals surface area contributed by atoms with Gasteiger partial charge in [0, 0.05) is 26.3 Å². The second-order valence-electron chi connectivity index (χ2n) is 4.69. The Morgan fingerprint density at radius 1 is 1.32 bits per heavy atom. The molecular weight excluding hydrogens is 240 g/mol. The van der Waals surface area contributed by atoms with Crippen LogP contribution in [0.25, 0.3) is 5.69 Å². The number of nitrogens with zero attached hydrogens (tertiary/aromatic N) is 3. The number of carbonyl (C=O) groups excluding carboxylic acids is 1. The third kappa shape index (κ3) is 2.66. The average Bonchev–Trinajstić information content (AvgIpc) is 2.87. The van der Waals surface area contributed by atoms with Crippen LogP contribution in [0.15, 0.2) is 36.5 Å². The fourth-order valence-electron chi connectivity index (χ4n) is 1.88. The largest absolute Gasteiger partial charge is 0.343 e. The highest BCUT2D eigenvalue weighted by atomic mass is 16.2. The number of carbonyl (C=O) groups is 1. The molecule has 100 valence electrons. The van der Waals surface area contributed by atoms with Crippen LogP contribution < -0.4 is 5.73 Å². The highest BCUT2D eigenvalue weighted by Crippen LogP contribution is 2.19. The van der Waals surface area contributed by atoms with Crippen molar-refractivity contribution in [3.05, 3.63) is 47.8 Å². The van der Waals surface area contributed by atoms with E-state index in [1.54, 1.807) is 31.0 Å². The van der Waals surface area contributed by atoms with E-state index in [0.717, 1.165) is 11.3 Å². The number of nitrogens with two attached hydrogens (primary N) is 1. The standard InChI is InChI=1S/C14H18N4O/c1-10(15)11-6-4-5-7-13(11)18-9-8-12(16-18)14(19)17(2)3/h4-10H,15H2,1-3H3/t10-/m1/s1. The van der Waals surface area contributed by atoms with Gasteiger partial charge in [0.2, 0.25) is 0 Å². The Morgan fingerprint density at radius 3 is 2.63 bits per heavy atom. The number of benzene rings is 1. The monoisotopic (exact) mass is 258 g/mol. The normalized spacial score (nSPS) is 12.2. The lowest BCUT2D eigenvalue weighted by molar-refractivity contribution is 0.0821. The molecule has 19 heavy (non-hydrogen) atoms. The molecule has 5 heteroatoms. The third-order valence-corrected chi connectivity index (χ3v) is 2.89. The van der Waals surface area contributed by atoms with Crippen molar-refractivity contribution in [1.29, 1.82) is 0 Å². The topological polar surface area (TPSA) is 64.2 Å². The van der Waals surface area contributed by atoms with E-state index in [-0.39, 0.29) is 11.9 Å². The minimum atomic E-state index is -0.114. The number of hydrogen-bond acceptors (Lipinski definition) is 3. The molecular formula is C14H18N4O. The fourth-order valence-corrected chi connectivity index (χ4v) is 1.88. The lowest BCUT2D eigenvalue weighted by Crippen LogP contribution is -2.22. The van der Waals surface area contributed by atoms with Gasteiger partial charge in [-0.2, -0.15) is 5.10 Å². The smallest absolute Gasteiger partial charge is 0.273 e. The second kappa shape index (κ2) is 5.24. The maximum Gasteiger partial charge on any atom is 0.273 e. The molecule has 0 spiro atoms. The molecule has 0 bridgehead atoms. The van der Waals surface area contributed by atoms with Crippen molar-refractivity contribution in [2.24, 2.45) is 5.73 Å². The predicted octanol–water partition coefficient (Wildman–Crippen LogP) is 1.59. The van der Waals surface area contributed by atoms with Gasteiger partial charge >= 0.3 is 0 Å². The summed E-state index contributed by atoms with van der Waals surface area (Å²) in [5.41, 5.74) is 8.26. The molecule has 2 aromatic rings. The van der Waals surface area contributed by atoms with Crippen LogP contribution in [-0.2, 0) is 0 Å². The van der Waals surface area contributed by atoms with E-state index in [2.05, 4.69) is 5.10 Å². The van der Waals surface area contributed by atoms with Gasteiger partial charge in [-0.15, -0.1) is 0 Å². The van der Waals surface area contributed by atoms with Gasteiger partial charge in [-0.3, -0.25) is 4.79 Å². The van der Waals surface area contributed by atoms with Gasteiger partial charge in [-0.05, 0) is 24.6 Å². The van der Waals surface area contributed by atoms with Gasteiger partial charge in [0.25, 0.3) is 5.91 Å². The molecule has 0 aliphatic carbocycles. The van der Waals surface area contributed by atoms with Gasteiger partial charge in [0.15, 0.2) is 5.69 Å². The lowest BCUT2D eigenvalue weighted by atomic mass is 10.1. The second-order valence-corrected chi connectivity index (χ2v) is 4.69. The molecule has 0 radical (unpaired) electrons. The molecule has 2 N–H and O–H groups in total. The molecule has 5 nitrogen and oxygen atoms in total. The van der Waals surface area contributed by atoms with Crippen LogP contribution in [0, 0.1) is 0 Å². The number of rotatable bonds is 3. The zero-order valence-electron chi connectivity index (χ0n) is 11.4. The highest BCUT2D eigenvalue weighted by Gasteiger charge is 2.14. The van der Waals surface area contributed by atoms with Gasteiger partial charge in [0.05, 0.1) is 5.69 Å².